The van der Waals surface area contributed by atoms with E-state index in [0.29, 0.717) is 23.4 Å². The maximum atomic E-state index is 12.6. The number of fused-ring (bicyclic) bond motifs is 2. The Bertz CT molecular complexity index is 1790. The van der Waals surface area contributed by atoms with Crippen molar-refractivity contribution in [3.63, 3.8) is 0 Å². The van der Waals surface area contributed by atoms with Gasteiger partial charge in [-0.15, -0.1) is 10.2 Å². The Hall–Kier alpha value is -5.08. The molecule has 0 bridgehead atoms. The third kappa shape index (κ3) is 4.65. The van der Waals surface area contributed by atoms with E-state index in [4.69, 9.17) is 5.73 Å². The van der Waals surface area contributed by atoms with Crippen molar-refractivity contribution in [3.05, 3.63) is 63.2 Å². The highest BCUT2D eigenvalue weighted by atomic mass is 16.2. The van der Waals surface area contributed by atoms with Crippen LogP contribution in [-0.2, 0) is 19.2 Å². The summed E-state index contributed by atoms with van der Waals surface area (Å²) in [6.07, 6.45) is 2.49. The normalized spacial score (nSPS) is 19.5. The number of rotatable bonds is 3. The largest absolute Gasteiger partial charge is 0.396 e. The molecule has 15 heteroatoms. The standard InChI is InChI=1S/C14H16N4O3.C11H11N5O3/c1-8(2)9-4-3-5-11-16-18(14(21)17(9)11)10-6-7-12(19)15-13(10)20;12-6-2-1-5-15-9(6)14-16(11(15)19)7-3-4-8(17)13-10(7)18/h3-5,8,10H,6-7H2,1-2H3,(H,15,19,20);1-2,5,7H,3-4,12H2,(H,13,17,18). The summed E-state index contributed by atoms with van der Waals surface area (Å²) in [5.41, 5.74) is 6.95. The fourth-order valence-corrected chi connectivity index (χ4v) is 4.78. The molecule has 2 saturated heterocycles. The lowest BCUT2D eigenvalue weighted by atomic mass is 10.1. The number of nitrogen functional groups attached to an aromatic ring is 1. The van der Waals surface area contributed by atoms with Crippen molar-refractivity contribution in [2.45, 2.75) is 57.5 Å². The zero-order valence-electron chi connectivity index (χ0n) is 21.7. The van der Waals surface area contributed by atoms with Crippen LogP contribution in [0.4, 0.5) is 5.69 Å². The quantitative estimate of drug-likeness (QED) is 0.286. The summed E-state index contributed by atoms with van der Waals surface area (Å²) in [6.45, 7) is 3.98. The molecular weight excluding hydrogens is 522 g/mol. The molecular formula is C25H27N9O6. The van der Waals surface area contributed by atoms with Crippen LogP contribution in [0, 0.1) is 0 Å². The number of carbonyl (C=O) groups is 4. The van der Waals surface area contributed by atoms with Gasteiger partial charge in [-0.3, -0.25) is 29.8 Å². The Labute approximate surface area is 225 Å². The van der Waals surface area contributed by atoms with E-state index in [1.54, 1.807) is 18.2 Å². The SMILES string of the molecule is CC(C)c1cccc2nn(C3CCC(=O)NC3=O)c(=O)n12.Nc1cccn2c(=O)n(C3CCC(=O)NC3=O)nc12. The van der Waals surface area contributed by atoms with E-state index < -0.39 is 29.6 Å². The molecule has 15 nitrogen and oxygen atoms in total. The van der Waals surface area contributed by atoms with Gasteiger partial charge in [-0.25, -0.2) is 18.4 Å². The number of carbonyl (C=O) groups excluding carboxylic acids is 4. The Balaban J connectivity index is 0.000000162. The van der Waals surface area contributed by atoms with Crippen LogP contribution in [-0.4, -0.2) is 52.0 Å². The van der Waals surface area contributed by atoms with Gasteiger partial charge in [0.1, 0.15) is 12.1 Å². The molecule has 0 spiro atoms. The second-order valence-electron chi connectivity index (χ2n) is 9.84. The highest BCUT2D eigenvalue weighted by molar-refractivity contribution is 6.00. The van der Waals surface area contributed by atoms with E-state index in [9.17, 15) is 28.8 Å². The molecule has 6 rings (SSSR count). The van der Waals surface area contributed by atoms with Gasteiger partial charge in [0.2, 0.25) is 11.8 Å². The molecule has 2 aliphatic rings. The minimum atomic E-state index is -0.774. The predicted octanol–water partition coefficient (Wildman–Crippen LogP) is -0.347. The van der Waals surface area contributed by atoms with Crippen molar-refractivity contribution in [2.24, 2.45) is 0 Å². The number of aromatic nitrogens is 6. The van der Waals surface area contributed by atoms with Crippen molar-refractivity contribution in [1.29, 1.82) is 0 Å². The number of hydrogen-bond acceptors (Lipinski definition) is 9. The average molecular weight is 550 g/mol. The second kappa shape index (κ2) is 10.2. The fraction of sp³-hybridized carbons (Fsp3) is 0.360. The molecule has 0 aliphatic carbocycles. The first-order chi connectivity index (χ1) is 19.1. The van der Waals surface area contributed by atoms with E-state index in [1.807, 2.05) is 26.0 Å². The highest BCUT2D eigenvalue weighted by Gasteiger charge is 2.32. The van der Waals surface area contributed by atoms with Gasteiger partial charge in [-0.05, 0) is 43.0 Å². The second-order valence-corrected chi connectivity index (χ2v) is 9.84. The van der Waals surface area contributed by atoms with Gasteiger partial charge in [-0.1, -0.05) is 19.9 Å². The summed E-state index contributed by atoms with van der Waals surface area (Å²) in [4.78, 5) is 70.7. The van der Waals surface area contributed by atoms with Crippen molar-refractivity contribution in [2.75, 3.05) is 5.73 Å². The summed E-state index contributed by atoms with van der Waals surface area (Å²) in [5.74, 6) is -1.47. The average Bonchev–Trinajstić information content (AvgIpc) is 3.42. The fourth-order valence-electron chi connectivity index (χ4n) is 4.78. The van der Waals surface area contributed by atoms with Gasteiger partial charge in [0.15, 0.2) is 11.3 Å². The van der Waals surface area contributed by atoms with Gasteiger partial charge in [0, 0.05) is 24.7 Å². The molecule has 0 aromatic carbocycles. The molecule has 4 N–H and O–H groups in total. The summed E-state index contributed by atoms with van der Waals surface area (Å²) in [5, 5.41) is 12.8. The van der Waals surface area contributed by atoms with Gasteiger partial charge in [0.05, 0.1) is 5.69 Å². The molecule has 4 aromatic rings. The van der Waals surface area contributed by atoms with Crippen molar-refractivity contribution in [3.8, 4) is 0 Å². The van der Waals surface area contributed by atoms with Crippen molar-refractivity contribution >= 4 is 40.6 Å². The molecule has 4 amide bonds. The number of hydrogen-bond donors (Lipinski definition) is 3. The van der Waals surface area contributed by atoms with E-state index in [2.05, 4.69) is 20.8 Å². The maximum absolute atomic E-state index is 12.6. The molecule has 6 heterocycles. The number of nitrogens with one attached hydrogen (secondary N) is 2. The van der Waals surface area contributed by atoms with Crippen LogP contribution in [0.25, 0.3) is 11.3 Å². The van der Waals surface area contributed by atoms with E-state index in [0.717, 1.165) is 10.4 Å². The number of nitrogens with two attached hydrogens (primary N) is 1. The molecule has 4 aromatic heterocycles. The third-order valence-electron chi connectivity index (χ3n) is 6.80. The van der Waals surface area contributed by atoms with Gasteiger partial charge < -0.3 is 5.73 Å². The predicted molar refractivity (Wildman–Crippen MR) is 140 cm³/mol. The van der Waals surface area contributed by atoms with Crippen LogP contribution in [0.2, 0.25) is 0 Å². The number of imide groups is 2. The molecule has 0 saturated carbocycles. The van der Waals surface area contributed by atoms with Crippen molar-refractivity contribution < 1.29 is 19.2 Å². The number of piperidine rings is 2. The van der Waals surface area contributed by atoms with Crippen LogP contribution < -0.4 is 27.7 Å². The van der Waals surface area contributed by atoms with Gasteiger partial charge >= 0.3 is 11.4 Å². The van der Waals surface area contributed by atoms with Crippen LogP contribution in [0.1, 0.15) is 63.2 Å². The van der Waals surface area contributed by atoms with Crippen molar-refractivity contribution in [1.82, 2.24) is 39.0 Å². The zero-order valence-corrected chi connectivity index (χ0v) is 21.7. The minimum Gasteiger partial charge on any atom is -0.396 e. The lowest BCUT2D eigenvalue weighted by molar-refractivity contribution is -0.137. The summed E-state index contributed by atoms with van der Waals surface area (Å²) >= 11 is 0. The Morgan fingerprint density at radius 3 is 1.98 bits per heavy atom. The maximum Gasteiger partial charge on any atom is 0.351 e. The zero-order chi connectivity index (χ0) is 28.7. The lowest BCUT2D eigenvalue weighted by Gasteiger charge is -2.19. The first kappa shape index (κ1) is 26.5. The molecule has 0 radical (unpaired) electrons. The van der Waals surface area contributed by atoms with E-state index in [1.165, 1.54) is 19.7 Å². The van der Waals surface area contributed by atoms with Crippen LogP contribution in [0.3, 0.4) is 0 Å². The minimum absolute atomic E-state index is 0.158. The Kier molecular flexibility index (Phi) is 6.79. The van der Waals surface area contributed by atoms with E-state index >= 15 is 0 Å². The smallest absolute Gasteiger partial charge is 0.351 e. The molecule has 2 fully saturated rings. The molecule has 208 valence electrons. The number of anilines is 1. The monoisotopic (exact) mass is 549 g/mol. The molecule has 2 aliphatic heterocycles. The van der Waals surface area contributed by atoms with Crippen LogP contribution in [0.15, 0.2) is 46.1 Å². The van der Waals surface area contributed by atoms with E-state index in [-0.39, 0.29) is 42.7 Å². The van der Waals surface area contributed by atoms with Gasteiger partial charge in [-0.2, -0.15) is 9.36 Å². The molecule has 2 atom stereocenters. The molecule has 40 heavy (non-hydrogen) atoms. The summed E-state index contributed by atoms with van der Waals surface area (Å²) < 4.78 is 5.06. The summed E-state index contributed by atoms with van der Waals surface area (Å²) in [7, 11) is 0. The first-order valence-electron chi connectivity index (χ1n) is 12.7. The molecule has 2 unspecified atom stereocenters. The number of amides is 4. The first-order valence-corrected chi connectivity index (χ1v) is 12.7. The summed E-state index contributed by atoms with van der Waals surface area (Å²) in [6, 6.07) is 7.19. The number of nitrogens with zero attached hydrogens (tertiary/aromatic N) is 6. The Morgan fingerprint density at radius 1 is 0.825 bits per heavy atom. The Morgan fingerprint density at radius 2 is 1.43 bits per heavy atom. The van der Waals surface area contributed by atoms with Crippen LogP contribution >= 0.6 is 0 Å². The topological polar surface area (TPSA) is 197 Å². The highest BCUT2D eigenvalue weighted by Crippen LogP contribution is 2.19. The lowest BCUT2D eigenvalue weighted by Crippen LogP contribution is -2.44. The van der Waals surface area contributed by atoms with Crippen LogP contribution in [0.5, 0.6) is 0 Å². The third-order valence-corrected chi connectivity index (χ3v) is 6.80. The van der Waals surface area contributed by atoms with Gasteiger partial charge in [0.25, 0.3) is 11.8 Å². The number of pyridine rings is 2.